The second-order valence-corrected chi connectivity index (χ2v) is 8.37. The molecule has 2 aliphatic heterocycles. The lowest BCUT2D eigenvalue weighted by molar-refractivity contribution is -0.131. The van der Waals surface area contributed by atoms with Gasteiger partial charge in [0.1, 0.15) is 11.4 Å². The van der Waals surface area contributed by atoms with Crippen molar-refractivity contribution in [3.8, 4) is 5.75 Å². The lowest BCUT2D eigenvalue weighted by Crippen LogP contribution is -2.47. The Bertz CT molecular complexity index is 892. The molecule has 0 bridgehead atoms. The first-order chi connectivity index (χ1) is 12.9. The van der Waals surface area contributed by atoms with E-state index >= 15 is 0 Å². The van der Waals surface area contributed by atoms with E-state index in [1.807, 2.05) is 0 Å². The summed E-state index contributed by atoms with van der Waals surface area (Å²) in [6, 6.07) is 7.12. The van der Waals surface area contributed by atoms with Gasteiger partial charge in [0.25, 0.3) is 5.91 Å². The lowest BCUT2D eigenvalue weighted by Gasteiger charge is -2.37. The highest BCUT2D eigenvalue weighted by molar-refractivity contribution is 7.88. The van der Waals surface area contributed by atoms with Crippen molar-refractivity contribution < 1.29 is 17.9 Å². The molecule has 0 saturated carbocycles. The molecule has 0 aromatic heterocycles. The monoisotopic (exact) mass is 391 g/mol. The third-order valence-corrected chi connectivity index (χ3v) is 6.43. The van der Waals surface area contributed by atoms with Crippen LogP contribution in [0.15, 0.2) is 40.4 Å². The summed E-state index contributed by atoms with van der Waals surface area (Å²) in [7, 11) is -1.06. The Morgan fingerprint density at radius 1 is 1.33 bits per heavy atom. The van der Waals surface area contributed by atoms with Crippen molar-refractivity contribution in [1.82, 2.24) is 9.21 Å². The van der Waals surface area contributed by atoms with Gasteiger partial charge in [-0.05, 0) is 43.9 Å². The van der Waals surface area contributed by atoms with E-state index in [4.69, 9.17) is 4.74 Å². The number of amides is 1. The van der Waals surface area contributed by atoms with Crippen LogP contribution in [0.4, 0.5) is 0 Å². The molecule has 0 N–H and O–H groups in total. The molecule has 0 radical (unpaired) electrons. The van der Waals surface area contributed by atoms with Crippen LogP contribution in [-0.4, -0.2) is 56.0 Å². The molecular weight excluding hydrogens is 366 g/mol. The summed E-state index contributed by atoms with van der Waals surface area (Å²) in [6.45, 7) is 2.70. The number of hydrogen-bond acceptors (Lipinski definition) is 4. The Morgan fingerprint density at radius 2 is 2.11 bits per heavy atom. The molecule has 0 aliphatic carbocycles. The topological polar surface area (TPSA) is 79.3 Å². The van der Waals surface area contributed by atoms with Gasteiger partial charge in [-0.25, -0.2) is 4.31 Å². The third kappa shape index (κ3) is 3.85. The normalized spacial score (nSPS) is 22.1. The number of benzene rings is 1. The number of ether oxygens (including phenoxy) is 1. The van der Waals surface area contributed by atoms with Crippen molar-refractivity contribution in [3.63, 3.8) is 0 Å². The number of likely N-dealkylation sites (N-methyl/N-ethyl adjacent to an activating group) is 1. The van der Waals surface area contributed by atoms with Crippen LogP contribution in [0.1, 0.15) is 38.2 Å². The minimum Gasteiger partial charge on any atom is -0.497 e. The summed E-state index contributed by atoms with van der Waals surface area (Å²) in [5.74, 6) is 0.331. The molecule has 3 rings (SSSR count). The van der Waals surface area contributed by atoms with E-state index in [1.165, 1.54) is 7.05 Å². The number of piperidine rings is 1. The Kier molecular flexibility index (Phi) is 5.55. The van der Waals surface area contributed by atoms with Gasteiger partial charge in [-0.2, -0.15) is 8.42 Å². The van der Waals surface area contributed by atoms with Gasteiger partial charge in [0, 0.05) is 25.2 Å². The molecule has 1 fully saturated rings. The van der Waals surface area contributed by atoms with Crippen molar-refractivity contribution in [2.75, 3.05) is 20.7 Å². The highest BCUT2D eigenvalue weighted by Crippen LogP contribution is 2.26. The average molecular weight is 391 g/mol. The van der Waals surface area contributed by atoms with Crippen molar-refractivity contribution in [2.24, 2.45) is 4.40 Å². The largest absolute Gasteiger partial charge is 0.497 e. The second kappa shape index (κ2) is 7.72. The van der Waals surface area contributed by atoms with Crippen LogP contribution in [0.2, 0.25) is 0 Å². The summed E-state index contributed by atoms with van der Waals surface area (Å²) in [5.41, 5.74) is 0.950. The van der Waals surface area contributed by atoms with Crippen molar-refractivity contribution in [2.45, 2.75) is 38.6 Å². The number of rotatable bonds is 4. The van der Waals surface area contributed by atoms with Crippen molar-refractivity contribution in [3.05, 3.63) is 41.6 Å². The zero-order chi connectivity index (χ0) is 19.6. The predicted molar refractivity (Wildman–Crippen MR) is 104 cm³/mol. The first kappa shape index (κ1) is 19.4. The molecule has 7 nitrogen and oxygen atoms in total. The van der Waals surface area contributed by atoms with Crippen LogP contribution < -0.4 is 4.74 Å². The molecule has 1 aromatic rings. The number of carbonyl (C=O) groups excluding carboxylic acids is 1. The van der Waals surface area contributed by atoms with Gasteiger partial charge in [0.2, 0.25) is 0 Å². The summed E-state index contributed by atoms with van der Waals surface area (Å²) in [5, 5.41) is 0. The van der Waals surface area contributed by atoms with E-state index in [0.717, 1.165) is 30.0 Å². The molecule has 1 aromatic carbocycles. The lowest BCUT2D eigenvalue weighted by atomic mass is 9.99. The first-order valence-electron chi connectivity index (χ1n) is 9.13. The number of hydrogen-bond donors (Lipinski definition) is 0. The van der Waals surface area contributed by atoms with E-state index in [9.17, 15) is 13.2 Å². The molecule has 0 spiro atoms. The molecule has 1 amide bonds. The molecule has 27 heavy (non-hydrogen) atoms. The molecular formula is C19H25N3O4S. The zero-order valence-corrected chi connectivity index (χ0v) is 16.7. The van der Waals surface area contributed by atoms with Crippen LogP contribution in [0, 0.1) is 0 Å². The number of carbonyl (C=O) groups is 1. The summed E-state index contributed by atoms with van der Waals surface area (Å²) < 4.78 is 35.2. The maximum atomic E-state index is 13.2. The Hall–Kier alpha value is -2.35. The molecule has 1 saturated heterocycles. The van der Waals surface area contributed by atoms with Gasteiger partial charge >= 0.3 is 10.2 Å². The number of methoxy groups -OCH3 is 1. The summed E-state index contributed by atoms with van der Waals surface area (Å²) in [6.07, 6.45) is 5.38. The minimum atomic E-state index is -3.97. The van der Waals surface area contributed by atoms with Crippen LogP contribution in [0.3, 0.4) is 0 Å². The summed E-state index contributed by atoms with van der Waals surface area (Å²) in [4.78, 5) is 15.0. The highest BCUT2D eigenvalue weighted by atomic mass is 32.2. The maximum Gasteiger partial charge on any atom is 0.345 e. The van der Waals surface area contributed by atoms with Crippen molar-refractivity contribution >= 4 is 21.8 Å². The van der Waals surface area contributed by atoms with Gasteiger partial charge in [0.05, 0.1) is 12.8 Å². The fourth-order valence-corrected chi connectivity index (χ4v) is 4.42. The van der Waals surface area contributed by atoms with E-state index < -0.39 is 10.2 Å². The second-order valence-electron chi connectivity index (χ2n) is 6.74. The van der Waals surface area contributed by atoms with Crippen LogP contribution in [0.25, 0.3) is 0 Å². The predicted octanol–water partition coefficient (Wildman–Crippen LogP) is 2.35. The van der Waals surface area contributed by atoms with Gasteiger partial charge in [-0.1, -0.05) is 19.1 Å². The van der Waals surface area contributed by atoms with Crippen molar-refractivity contribution in [1.29, 1.82) is 0 Å². The number of allylic oxidation sites excluding steroid dienone is 1. The standard InChI is InChI=1S/C19H25N3O4S/c1-4-15-9-5-6-11-22(15)19(23)18-13-17(20-27(24,25)21(18)2)14-8-7-10-16(12-14)26-3/h7-8,10,12-13,15H,4-6,9,11H2,1-3H3. The molecule has 2 heterocycles. The average Bonchev–Trinajstić information content (AvgIpc) is 2.69. The van der Waals surface area contributed by atoms with Crippen LogP contribution in [-0.2, 0) is 15.0 Å². The van der Waals surface area contributed by atoms with Gasteiger partial charge in [-0.3, -0.25) is 4.79 Å². The number of nitrogens with zero attached hydrogens (tertiary/aromatic N) is 3. The minimum absolute atomic E-state index is 0.128. The van der Waals surface area contributed by atoms with E-state index in [-0.39, 0.29) is 23.4 Å². The molecule has 146 valence electrons. The molecule has 1 unspecified atom stereocenters. The highest BCUT2D eigenvalue weighted by Gasteiger charge is 2.35. The number of likely N-dealkylation sites (tertiary alicyclic amines) is 1. The van der Waals surface area contributed by atoms with Gasteiger partial charge in [-0.15, -0.1) is 4.40 Å². The van der Waals surface area contributed by atoms with E-state index in [2.05, 4.69) is 11.3 Å². The molecule has 8 heteroatoms. The Balaban J connectivity index is 2.01. The first-order valence-corrected chi connectivity index (χ1v) is 10.5. The molecule has 2 aliphatic rings. The zero-order valence-electron chi connectivity index (χ0n) is 15.9. The fraction of sp³-hybridized carbons (Fsp3) is 0.474. The Labute approximate surface area is 160 Å². The van der Waals surface area contributed by atoms with Gasteiger partial charge < -0.3 is 9.64 Å². The smallest absolute Gasteiger partial charge is 0.345 e. The fourth-order valence-electron chi connectivity index (χ4n) is 3.51. The van der Waals surface area contributed by atoms with E-state index in [0.29, 0.717) is 17.9 Å². The maximum absolute atomic E-state index is 13.2. The quantitative estimate of drug-likeness (QED) is 0.789. The van der Waals surface area contributed by atoms with Crippen LogP contribution >= 0.6 is 0 Å². The SMILES string of the molecule is CCC1CCCCN1C(=O)C1=CC(c2cccc(OC)c2)=NS(=O)(=O)N1C. The Morgan fingerprint density at radius 3 is 2.81 bits per heavy atom. The molecule has 1 atom stereocenters. The van der Waals surface area contributed by atoms with Crippen LogP contribution in [0.5, 0.6) is 5.75 Å². The van der Waals surface area contributed by atoms with E-state index in [1.54, 1.807) is 42.4 Å². The van der Waals surface area contributed by atoms with Gasteiger partial charge in [0.15, 0.2) is 0 Å². The summed E-state index contributed by atoms with van der Waals surface area (Å²) >= 11 is 0. The third-order valence-electron chi connectivity index (χ3n) is 5.12.